The average Bonchev–Trinajstić information content (AvgIpc) is 3.43. The van der Waals surface area contributed by atoms with Gasteiger partial charge in [0, 0.05) is 26.2 Å². The number of hydrogen-bond donors (Lipinski definition) is 2. The van der Waals surface area contributed by atoms with Gasteiger partial charge in [-0.1, -0.05) is 0 Å². The van der Waals surface area contributed by atoms with Crippen molar-refractivity contribution >= 4 is 36.1 Å². The molecule has 14 heteroatoms. The minimum atomic E-state index is -1.12. The van der Waals surface area contributed by atoms with Crippen LogP contribution in [-0.2, 0) is 38.1 Å². The summed E-state index contributed by atoms with van der Waals surface area (Å²) in [5, 5.41) is 18.3. The smallest absolute Gasteiger partial charge is 0.410 e. The molecule has 4 atom stereocenters. The molecule has 2 fully saturated rings. The molecule has 0 aromatic heterocycles. The van der Waals surface area contributed by atoms with Crippen molar-refractivity contribution in [2.24, 2.45) is 23.7 Å². The summed E-state index contributed by atoms with van der Waals surface area (Å²) in [6, 6.07) is 0. The first-order valence-corrected chi connectivity index (χ1v) is 13.1. The Labute approximate surface area is 233 Å². The quantitative estimate of drug-likeness (QED) is 0.348. The van der Waals surface area contributed by atoms with Gasteiger partial charge in [-0.2, -0.15) is 0 Å². The van der Waals surface area contributed by atoms with Gasteiger partial charge in [-0.25, -0.2) is 9.59 Å². The molecule has 2 rings (SSSR count). The van der Waals surface area contributed by atoms with Gasteiger partial charge in [-0.05, 0) is 55.4 Å². The third-order valence-electron chi connectivity index (χ3n) is 5.76. The Kier molecular flexibility index (Phi) is 12.2. The van der Waals surface area contributed by atoms with Gasteiger partial charge in [0.05, 0.1) is 36.9 Å². The molecule has 2 aliphatic heterocycles. The van der Waals surface area contributed by atoms with Crippen LogP contribution in [0.15, 0.2) is 0 Å². The molecule has 0 spiro atoms. The van der Waals surface area contributed by atoms with E-state index in [0.717, 1.165) is 0 Å². The Bertz CT molecular complexity index is 876. The minimum Gasteiger partial charge on any atom is -0.481 e. The number of likely N-dealkylation sites (tertiary alicyclic amines) is 2. The molecular formula is C26H42N2O12. The molecule has 228 valence electrons. The van der Waals surface area contributed by atoms with E-state index in [1.165, 1.54) is 9.80 Å². The molecular weight excluding hydrogens is 532 g/mol. The summed E-state index contributed by atoms with van der Waals surface area (Å²) in [6.45, 7) is 13.9. The van der Waals surface area contributed by atoms with Crippen molar-refractivity contribution in [3.63, 3.8) is 0 Å². The second kappa shape index (κ2) is 14.2. The molecule has 2 amide bonds. The maximum absolute atomic E-state index is 11.9. The zero-order valence-corrected chi connectivity index (χ0v) is 24.4. The van der Waals surface area contributed by atoms with Gasteiger partial charge in [-0.15, -0.1) is 0 Å². The number of esters is 2. The fraction of sp³-hybridized carbons (Fsp3) is 0.769. The van der Waals surface area contributed by atoms with Crippen LogP contribution in [0.4, 0.5) is 9.59 Å². The lowest BCUT2D eigenvalue weighted by molar-refractivity contribution is -0.155. The Morgan fingerprint density at radius 3 is 1.10 bits per heavy atom. The van der Waals surface area contributed by atoms with Gasteiger partial charge in [0.15, 0.2) is 0 Å². The van der Waals surface area contributed by atoms with Crippen molar-refractivity contribution in [3.05, 3.63) is 0 Å². The fourth-order valence-corrected chi connectivity index (χ4v) is 4.04. The molecule has 0 aliphatic carbocycles. The van der Waals surface area contributed by atoms with Crippen LogP contribution in [0.2, 0.25) is 0 Å². The fourth-order valence-electron chi connectivity index (χ4n) is 4.04. The molecule has 2 aliphatic rings. The topological polar surface area (TPSA) is 186 Å². The first-order valence-electron chi connectivity index (χ1n) is 13.1. The Morgan fingerprint density at radius 1 is 0.600 bits per heavy atom. The van der Waals surface area contributed by atoms with E-state index < -0.39 is 70.9 Å². The Balaban J connectivity index is 0.000000400. The van der Waals surface area contributed by atoms with Crippen molar-refractivity contribution in [2.75, 3.05) is 39.4 Å². The maximum Gasteiger partial charge on any atom is 0.410 e. The highest BCUT2D eigenvalue weighted by Gasteiger charge is 2.46. The van der Waals surface area contributed by atoms with Crippen molar-refractivity contribution in [1.82, 2.24) is 9.80 Å². The van der Waals surface area contributed by atoms with E-state index in [4.69, 9.17) is 29.2 Å². The first kappa shape index (κ1) is 34.4. The summed E-state index contributed by atoms with van der Waals surface area (Å²) >= 11 is 0. The molecule has 2 N–H and O–H groups in total. The lowest BCUT2D eigenvalue weighted by Gasteiger charge is -2.24. The van der Waals surface area contributed by atoms with Crippen LogP contribution < -0.4 is 0 Å². The molecule has 14 nitrogen and oxygen atoms in total. The molecule has 2 saturated heterocycles. The van der Waals surface area contributed by atoms with Gasteiger partial charge in [-0.3, -0.25) is 19.2 Å². The summed E-state index contributed by atoms with van der Waals surface area (Å²) in [4.78, 5) is 72.2. The molecule has 0 radical (unpaired) electrons. The van der Waals surface area contributed by atoms with Gasteiger partial charge in [0.25, 0.3) is 0 Å². The van der Waals surface area contributed by atoms with E-state index in [1.807, 2.05) is 0 Å². The maximum atomic E-state index is 11.9. The van der Waals surface area contributed by atoms with Crippen LogP contribution in [0.5, 0.6) is 0 Å². The van der Waals surface area contributed by atoms with Crippen LogP contribution in [0.3, 0.4) is 0 Å². The number of carbonyl (C=O) groups is 6. The minimum absolute atomic E-state index is 0.00468. The monoisotopic (exact) mass is 574 g/mol. The third kappa shape index (κ3) is 10.5. The summed E-state index contributed by atoms with van der Waals surface area (Å²) < 4.78 is 20.1. The second-order valence-electron chi connectivity index (χ2n) is 11.4. The van der Waals surface area contributed by atoms with E-state index in [1.54, 1.807) is 55.4 Å². The number of carbonyl (C=O) groups excluding carboxylic acids is 4. The van der Waals surface area contributed by atoms with Crippen LogP contribution in [0, 0.1) is 23.7 Å². The number of nitrogens with zero attached hydrogens (tertiary/aromatic N) is 2. The van der Waals surface area contributed by atoms with Crippen molar-refractivity contribution in [1.29, 1.82) is 0 Å². The van der Waals surface area contributed by atoms with Gasteiger partial charge >= 0.3 is 36.1 Å². The second-order valence-corrected chi connectivity index (χ2v) is 11.4. The van der Waals surface area contributed by atoms with Crippen molar-refractivity contribution in [3.8, 4) is 0 Å². The number of carboxylic acids is 2. The SMILES string of the molecule is CCOC(=O)[C@@H]1CN(C(=O)OC(C)(C)C)C[C@@H]1C(=O)O.CCOC(=O)[C@H]1CN(C(=O)OC(C)(C)C)C[C@H]1C(=O)O. The Morgan fingerprint density at radius 2 is 0.875 bits per heavy atom. The van der Waals surface area contributed by atoms with E-state index in [0.29, 0.717) is 0 Å². The lowest BCUT2D eigenvalue weighted by atomic mass is 9.96. The van der Waals surface area contributed by atoms with E-state index in [2.05, 4.69) is 0 Å². The summed E-state index contributed by atoms with van der Waals surface area (Å²) in [6.07, 6.45) is -1.23. The lowest BCUT2D eigenvalue weighted by Crippen LogP contribution is -2.36. The molecule has 0 saturated carbocycles. The zero-order chi connectivity index (χ0) is 31.0. The van der Waals surface area contributed by atoms with Gasteiger partial charge in [0.2, 0.25) is 0 Å². The summed E-state index contributed by atoms with van der Waals surface area (Å²) in [5.41, 5.74) is -1.34. The van der Waals surface area contributed by atoms with E-state index in [-0.39, 0.29) is 39.4 Å². The molecule has 0 unspecified atom stereocenters. The Hall–Kier alpha value is -3.58. The third-order valence-corrected chi connectivity index (χ3v) is 5.76. The van der Waals surface area contributed by atoms with Crippen LogP contribution in [-0.4, -0.2) is 107 Å². The number of rotatable bonds is 6. The van der Waals surface area contributed by atoms with Crippen LogP contribution >= 0.6 is 0 Å². The van der Waals surface area contributed by atoms with E-state index in [9.17, 15) is 28.8 Å². The number of carboxylic acid groups (broad SMARTS) is 2. The van der Waals surface area contributed by atoms with Crippen LogP contribution in [0.1, 0.15) is 55.4 Å². The first-order chi connectivity index (χ1) is 18.3. The normalized spacial score (nSPS) is 22.5. The molecule has 2 heterocycles. The molecule has 0 aromatic rings. The highest BCUT2D eigenvalue weighted by molar-refractivity contribution is 5.85. The molecule has 0 aromatic carbocycles. The highest BCUT2D eigenvalue weighted by Crippen LogP contribution is 2.28. The largest absolute Gasteiger partial charge is 0.481 e. The highest BCUT2D eigenvalue weighted by atomic mass is 16.6. The number of amides is 2. The predicted octanol–water partition coefficient (Wildman–Crippen LogP) is 2.23. The molecule has 0 bridgehead atoms. The van der Waals surface area contributed by atoms with Gasteiger partial charge < -0.3 is 39.0 Å². The standard InChI is InChI=1S/2C13H21NO6/c2*1-5-19-11(17)9-7-14(6-8(9)10(15)16)12(18)20-13(2,3)4/h2*8-9H,5-7H2,1-4H3,(H,15,16)/t2*8-,9+/m10/s1. The summed E-state index contributed by atoms with van der Waals surface area (Å²) in [7, 11) is 0. The van der Waals surface area contributed by atoms with Crippen molar-refractivity contribution < 1.29 is 57.9 Å². The number of ether oxygens (including phenoxy) is 4. The predicted molar refractivity (Wildman–Crippen MR) is 138 cm³/mol. The van der Waals surface area contributed by atoms with E-state index >= 15 is 0 Å². The summed E-state index contributed by atoms with van der Waals surface area (Å²) in [5.74, 6) is -7.02. The zero-order valence-electron chi connectivity index (χ0n) is 24.4. The van der Waals surface area contributed by atoms with Crippen LogP contribution in [0.25, 0.3) is 0 Å². The van der Waals surface area contributed by atoms with Gasteiger partial charge in [0.1, 0.15) is 11.2 Å². The number of hydrogen-bond acceptors (Lipinski definition) is 10. The number of aliphatic carboxylic acids is 2. The molecule has 40 heavy (non-hydrogen) atoms. The average molecular weight is 575 g/mol. The van der Waals surface area contributed by atoms with Crippen molar-refractivity contribution in [2.45, 2.75) is 66.6 Å².